The van der Waals surface area contributed by atoms with Gasteiger partial charge in [-0.25, -0.2) is 0 Å². The molecule has 0 spiro atoms. The third-order valence-electron chi connectivity index (χ3n) is 0.876. The summed E-state index contributed by atoms with van der Waals surface area (Å²) in [5.74, 6) is -0.0764. The van der Waals surface area contributed by atoms with Crippen molar-refractivity contribution >= 4 is 5.91 Å². The van der Waals surface area contributed by atoms with Crippen molar-refractivity contribution in [3.8, 4) is 0 Å². The summed E-state index contributed by atoms with van der Waals surface area (Å²) in [6.07, 6.45) is 1.25. The van der Waals surface area contributed by atoms with Crippen molar-refractivity contribution < 1.29 is 4.79 Å². The van der Waals surface area contributed by atoms with E-state index in [1.165, 1.54) is 6.42 Å². The second kappa shape index (κ2) is 6.70. The highest BCUT2D eigenvalue weighted by Gasteiger charge is 2.12. The van der Waals surface area contributed by atoms with Crippen LogP contribution in [0.5, 0.6) is 0 Å². The molecule has 1 amide bonds. The molecule has 0 bridgehead atoms. The van der Waals surface area contributed by atoms with Crippen molar-refractivity contribution in [3.63, 3.8) is 0 Å². The van der Waals surface area contributed by atoms with Gasteiger partial charge in [0.2, 0.25) is 5.91 Å². The highest BCUT2D eigenvalue weighted by molar-refractivity contribution is 5.92. The molecule has 0 saturated carbocycles. The molecule has 13 heavy (non-hydrogen) atoms. The molecule has 0 aromatic heterocycles. The van der Waals surface area contributed by atoms with Gasteiger partial charge in [-0.3, -0.25) is 4.79 Å². The number of hydrogen-bond donors (Lipinski definition) is 1. The minimum absolute atomic E-state index is 0.0764. The van der Waals surface area contributed by atoms with Gasteiger partial charge in [0.1, 0.15) is 0 Å². The van der Waals surface area contributed by atoms with E-state index in [9.17, 15) is 4.79 Å². The number of hydrogen-bond acceptors (Lipinski definition) is 1. The van der Waals surface area contributed by atoms with Gasteiger partial charge >= 0.3 is 0 Å². The summed E-state index contributed by atoms with van der Waals surface area (Å²) in [5, 5.41) is 2.78. The van der Waals surface area contributed by atoms with Gasteiger partial charge in [0.15, 0.2) is 0 Å². The molecule has 0 aliphatic heterocycles. The standard InChI is InChI=1S/C8H15NO.C3H8/c1-6(2)7(10)9-8(3,4)5;1-3-2/h1H2,2-5H3,(H,9,10);3H2,1-2H3. The lowest BCUT2D eigenvalue weighted by atomic mass is 10.1. The Morgan fingerprint density at radius 1 is 1.31 bits per heavy atom. The summed E-state index contributed by atoms with van der Waals surface area (Å²) >= 11 is 0. The summed E-state index contributed by atoms with van der Waals surface area (Å²) in [6, 6.07) is 0. The van der Waals surface area contributed by atoms with E-state index in [4.69, 9.17) is 0 Å². The maximum absolute atomic E-state index is 10.9. The Labute approximate surface area is 82.4 Å². The van der Waals surface area contributed by atoms with Crippen LogP contribution in [0, 0.1) is 0 Å². The zero-order chi connectivity index (χ0) is 11.1. The maximum atomic E-state index is 10.9. The normalized spacial score (nSPS) is 9.69. The summed E-state index contributed by atoms with van der Waals surface area (Å²) < 4.78 is 0. The van der Waals surface area contributed by atoms with Crippen molar-refractivity contribution in [2.24, 2.45) is 0 Å². The molecule has 0 aromatic rings. The van der Waals surface area contributed by atoms with Crippen LogP contribution in [0.15, 0.2) is 12.2 Å². The Bertz CT molecular complexity index is 165. The summed E-state index contributed by atoms with van der Waals surface area (Å²) in [4.78, 5) is 10.9. The van der Waals surface area contributed by atoms with Crippen LogP contribution in [0.25, 0.3) is 0 Å². The fourth-order valence-corrected chi connectivity index (χ4v) is 0.447. The molecular weight excluding hydrogens is 162 g/mol. The summed E-state index contributed by atoms with van der Waals surface area (Å²) in [7, 11) is 0. The van der Waals surface area contributed by atoms with Gasteiger partial charge < -0.3 is 5.32 Å². The van der Waals surface area contributed by atoms with Crippen molar-refractivity contribution in [2.45, 2.75) is 53.5 Å². The molecule has 0 radical (unpaired) electrons. The first-order valence-electron chi connectivity index (χ1n) is 4.72. The number of carbonyl (C=O) groups excluding carboxylic acids is 1. The Morgan fingerprint density at radius 3 is 1.69 bits per heavy atom. The molecule has 0 aromatic carbocycles. The minimum atomic E-state index is -0.157. The molecule has 0 unspecified atom stereocenters. The van der Waals surface area contributed by atoms with Crippen LogP contribution in [0.4, 0.5) is 0 Å². The smallest absolute Gasteiger partial charge is 0.246 e. The third-order valence-corrected chi connectivity index (χ3v) is 0.876. The highest BCUT2D eigenvalue weighted by atomic mass is 16.1. The molecule has 2 nitrogen and oxygen atoms in total. The number of carbonyl (C=O) groups is 1. The Morgan fingerprint density at radius 2 is 1.62 bits per heavy atom. The molecule has 78 valence electrons. The first-order chi connectivity index (χ1) is 5.74. The van der Waals surface area contributed by atoms with Crippen LogP contribution >= 0.6 is 0 Å². The van der Waals surface area contributed by atoms with E-state index >= 15 is 0 Å². The van der Waals surface area contributed by atoms with Gasteiger partial charge in [-0.2, -0.15) is 0 Å². The minimum Gasteiger partial charge on any atom is -0.348 e. The van der Waals surface area contributed by atoms with Crippen molar-refractivity contribution in [1.82, 2.24) is 5.32 Å². The van der Waals surface area contributed by atoms with Gasteiger partial charge in [-0.1, -0.05) is 26.8 Å². The van der Waals surface area contributed by atoms with E-state index < -0.39 is 0 Å². The fourth-order valence-electron chi connectivity index (χ4n) is 0.447. The molecule has 0 saturated heterocycles. The first-order valence-corrected chi connectivity index (χ1v) is 4.72. The summed E-state index contributed by atoms with van der Waals surface area (Å²) in [5.41, 5.74) is 0.394. The maximum Gasteiger partial charge on any atom is 0.246 e. The zero-order valence-corrected chi connectivity index (χ0v) is 9.82. The van der Waals surface area contributed by atoms with Crippen molar-refractivity contribution in [1.29, 1.82) is 0 Å². The van der Waals surface area contributed by atoms with E-state index in [-0.39, 0.29) is 11.4 Å². The Hall–Kier alpha value is -0.790. The average Bonchev–Trinajstić information content (AvgIpc) is 1.84. The van der Waals surface area contributed by atoms with Gasteiger partial charge in [-0.05, 0) is 27.7 Å². The predicted molar refractivity (Wildman–Crippen MR) is 58.7 cm³/mol. The quantitative estimate of drug-likeness (QED) is 0.625. The topological polar surface area (TPSA) is 29.1 Å². The molecule has 0 fully saturated rings. The zero-order valence-electron chi connectivity index (χ0n) is 9.82. The number of nitrogens with one attached hydrogen (secondary N) is 1. The van der Waals surface area contributed by atoms with E-state index in [1.54, 1.807) is 6.92 Å². The van der Waals surface area contributed by atoms with E-state index in [0.717, 1.165) is 0 Å². The van der Waals surface area contributed by atoms with Crippen LogP contribution in [0.2, 0.25) is 0 Å². The molecular formula is C11H23NO. The monoisotopic (exact) mass is 185 g/mol. The van der Waals surface area contributed by atoms with Gasteiger partial charge in [0, 0.05) is 11.1 Å². The lowest BCUT2D eigenvalue weighted by Crippen LogP contribution is -2.40. The number of rotatable bonds is 1. The van der Waals surface area contributed by atoms with Crippen LogP contribution in [0.1, 0.15) is 48.0 Å². The molecule has 0 aliphatic carbocycles. The first kappa shape index (κ1) is 14.7. The lowest BCUT2D eigenvalue weighted by Gasteiger charge is -2.20. The molecule has 1 N–H and O–H groups in total. The van der Waals surface area contributed by atoms with Crippen molar-refractivity contribution in [3.05, 3.63) is 12.2 Å². The summed E-state index contributed by atoms with van der Waals surface area (Å²) in [6.45, 7) is 15.3. The van der Waals surface area contributed by atoms with Gasteiger partial charge in [0.05, 0.1) is 0 Å². The predicted octanol–water partition coefficient (Wildman–Crippen LogP) is 2.89. The SMILES string of the molecule is C=C(C)C(=O)NC(C)(C)C.CCC. The second-order valence-electron chi connectivity index (χ2n) is 4.19. The van der Waals surface area contributed by atoms with Gasteiger partial charge in [0.25, 0.3) is 0 Å². The Kier molecular flexibility index (Phi) is 7.58. The molecule has 0 rings (SSSR count). The largest absolute Gasteiger partial charge is 0.348 e. The number of amides is 1. The van der Waals surface area contributed by atoms with Crippen LogP contribution in [-0.2, 0) is 4.79 Å². The molecule has 0 atom stereocenters. The average molecular weight is 185 g/mol. The lowest BCUT2D eigenvalue weighted by molar-refractivity contribution is -0.118. The molecule has 0 aliphatic rings. The fraction of sp³-hybridized carbons (Fsp3) is 0.727. The van der Waals surface area contributed by atoms with E-state index in [0.29, 0.717) is 5.57 Å². The Balaban J connectivity index is 0. The third kappa shape index (κ3) is 14.1. The van der Waals surface area contributed by atoms with E-state index in [2.05, 4.69) is 25.7 Å². The van der Waals surface area contributed by atoms with Crippen molar-refractivity contribution in [2.75, 3.05) is 0 Å². The highest BCUT2D eigenvalue weighted by Crippen LogP contribution is 2.00. The van der Waals surface area contributed by atoms with Crippen LogP contribution in [-0.4, -0.2) is 11.4 Å². The molecule has 0 heterocycles. The van der Waals surface area contributed by atoms with Gasteiger partial charge in [-0.15, -0.1) is 0 Å². The van der Waals surface area contributed by atoms with Crippen LogP contribution < -0.4 is 5.32 Å². The molecule has 2 heteroatoms. The van der Waals surface area contributed by atoms with Crippen LogP contribution in [0.3, 0.4) is 0 Å². The second-order valence-corrected chi connectivity index (χ2v) is 4.19. The van der Waals surface area contributed by atoms with E-state index in [1.807, 2.05) is 20.8 Å².